The fourth-order valence-corrected chi connectivity index (χ4v) is 3.67. The van der Waals surface area contributed by atoms with Crippen LogP contribution < -0.4 is 11.5 Å². The number of aryl methyl sites for hydroxylation is 1. The summed E-state index contributed by atoms with van der Waals surface area (Å²) in [6, 6.07) is 2.69. The highest BCUT2D eigenvalue weighted by Gasteiger charge is 2.24. The molecule has 0 saturated carbocycles. The van der Waals surface area contributed by atoms with Crippen molar-refractivity contribution < 1.29 is 12.8 Å². The summed E-state index contributed by atoms with van der Waals surface area (Å²) >= 11 is 0. The number of anilines is 1. The third-order valence-electron chi connectivity index (χ3n) is 3.23. The second kappa shape index (κ2) is 4.95. The lowest BCUT2D eigenvalue weighted by Crippen LogP contribution is -2.30. The topological polar surface area (TPSA) is 98.5 Å². The van der Waals surface area contributed by atoms with Crippen LogP contribution in [0.5, 0.6) is 0 Å². The van der Waals surface area contributed by atoms with E-state index in [0.29, 0.717) is 18.6 Å². The molecule has 110 valence electrons. The lowest BCUT2D eigenvalue weighted by Gasteiger charge is -2.18. The monoisotopic (exact) mass is 299 g/mol. The number of hydrogen-bond acceptors (Lipinski definition) is 5. The van der Waals surface area contributed by atoms with Crippen molar-refractivity contribution >= 4 is 26.8 Å². The second-order valence-electron chi connectivity index (χ2n) is 4.38. The van der Waals surface area contributed by atoms with Gasteiger partial charge in [0, 0.05) is 26.2 Å². The van der Waals surface area contributed by atoms with Crippen LogP contribution in [0.1, 0.15) is 13.8 Å². The van der Waals surface area contributed by atoms with Gasteiger partial charge in [0.15, 0.2) is 5.58 Å². The van der Waals surface area contributed by atoms with E-state index in [1.54, 1.807) is 13.8 Å². The van der Waals surface area contributed by atoms with Crippen molar-refractivity contribution in [3.8, 4) is 0 Å². The van der Waals surface area contributed by atoms with Gasteiger partial charge in [0.25, 0.3) is 0 Å². The maximum absolute atomic E-state index is 12.4. The summed E-state index contributed by atoms with van der Waals surface area (Å²) in [6.07, 6.45) is 0. The SMILES string of the molecule is CCN(CC)S(=O)(=O)c1cc(N)c2c(c1)oc(=O)n2C. The average molecular weight is 299 g/mol. The van der Waals surface area contributed by atoms with Crippen molar-refractivity contribution in [1.82, 2.24) is 8.87 Å². The first-order valence-electron chi connectivity index (χ1n) is 6.22. The number of fused-ring (bicyclic) bond motifs is 1. The average Bonchev–Trinajstić information content (AvgIpc) is 2.66. The van der Waals surface area contributed by atoms with Gasteiger partial charge >= 0.3 is 5.76 Å². The molecule has 1 aromatic carbocycles. The Morgan fingerprint density at radius 1 is 1.30 bits per heavy atom. The summed E-state index contributed by atoms with van der Waals surface area (Å²) in [5.74, 6) is -0.580. The van der Waals surface area contributed by atoms with Crippen LogP contribution in [0.15, 0.2) is 26.2 Å². The van der Waals surface area contributed by atoms with Crippen molar-refractivity contribution in [3.05, 3.63) is 22.7 Å². The molecule has 0 amide bonds. The highest BCUT2D eigenvalue weighted by molar-refractivity contribution is 7.89. The molecular weight excluding hydrogens is 282 g/mol. The Bertz CT molecular complexity index is 800. The Kier molecular flexibility index (Phi) is 3.61. The number of nitrogens with two attached hydrogens (primary N) is 1. The Hall–Kier alpha value is -1.80. The van der Waals surface area contributed by atoms with Crippen molar-refractivity contribution in [2.75, 3.05) is 18.8 Å². The normalized spacial score (nSPS) is 12.4. The fraction of sp³-hybridized carbons (Fsp3) is 0.417. The molecule has 0 aliphatic carbocycles. The molecule has 2 rings (SSSR count). The number of aromatic nitrogens is 1. The van der Waals surface area contributed by atoms with Crippen molar-refractivity contribution in [2.45, 2.75) is 18.7 Å². The number of rotatable bonds is 4. The van der Waals surface area contributed by atoms with E-state index in [4.69, 9.17) is 10.2 Å². The molecule has 0 aliphatic heterocycles. The maximum Gasteiger partial charge on any atom is 0.419 e. The van der Waals surface area contributed by atoms with Gasteiger partial charge in [0.05, 0.1) is 10.6 Å². The van der Waals surface area contributed by atoms with Gasteiger partial charge in [-0.3, -0.25) is 4.57 Å². The summed E-state index contributed by atoms with van der Waals surface area (Å²) in [6.45, 7) is 4.22. The molecule has 1 heterocycles. The van der Waals surface area contributed by atoms with Crippen LogP contribution in [-0.2, 0) is 17.1 Å². The highest BCUT2D eigenvalue weighted by atomic mass is 32.2. The first-order chi connectivity index (χ1) is 9.32. The van der Waals surface area contributed by atoms with E-state index < -0.39 is 15.8 Å². The van der Waals surface area contributed by atoms with Gasteiger partial charge in [0.2, 0.25) is 10.0 Å². The van der Waals surface area contributed by atoms with Crippen LogP contribution in [0.4, 0.5) is 5.69 Å². The van der Waals surface area contributed by atoms with Crippen molar-refractivity contribution in [2.24, 2.45) is 7.05 Å². The Morgan fingerprint density at radius 2 is 1.90 bits per heavy atom. The Morgan fingerprint density at radius 3 is 2.45 bits per heavy atom. The number of nitrogen functional groups attached to an aromatic ring is 1. The fourth-order valence-electron chi connectivity index (χ4n) is 2.16. The minimum Gasteiger partial charge on any atom is -0.408 e. The molecule has 0 fully saturated rings. The van der Waals surface area contributed by atoms with E-state index in [-0.39, 0.29) is 16.2 Å². The Labute approximate surface area is 116 Å². The van der Waals surface area contributed by atoms with Crippen LogP contribution in [0, 0.1) is 0 Å². The standard InChI is InChI=1S/C12H17N3O4S/c1-4-15(5-2)20(17,18)8-6-9(13)11-10(7-8)19-12(16)14(11)3/h6-7H,4-5,13H2,1-3H3. The first-order valence-corrected chi connectivity index (χ1v) is 7.66. The van der Waals surface area contributed by atoms with Gasteiger partial charge in [-0.1, -0.05) is 13.8 Å². The molecule has 0 spiro atoms. The smallest absolute Gasteiger partial charge is 0.408 e. The molecule has 20 heavy (non-hydrogen) atoms. The summed E-state index contributed by atoms with van der Waals surface area (Å²) in [5, 5.41) is 0. The summed E-state index contributed by atoms with van der Waals surface area (Å²) in [5.41, 5.74) is 6.61. The van der Waals surface area contributed by atoms with Crippen LogP contribution >= 0.6 is 0 Å². The zero-order chi connectivity index (χ0) is 15.1. The molecule has 0 aliphatic rings. The minimum absolute atomic E-state index is 0.0283. The first kappa shape index (κ1) is 14.6. The quantitative estimate of drug-likeness (QED) is 0.840. The van der Waals surface area contributed by atoms with E-state index >= 15 is 0 Å². The number of sulfonamides is 1. The van der Waals surface area contributed by atoms with Crippen LogP contribution in [0.2, 0.25) is 0 Å². The van der Waals surface area contributed by atoms with Gasteiger partial charge in [0.1, 0.15) is 5.52 Å². The molecule has 0 unspecified atom stereocenters. The van der Waals surface area contributed by atoms with Crippen molar-refractivity contribution in [3.63, 3.8) is 0 Å². The third-order valence-corrected chi connectivity index (χ3v) is 5.26. The molecule has 2 N–H and O–H groups in total. The van der Waals surface area contributed by atoms with Gasteiger partial charge in [-0.05, 0) is 6.07 Å². The highest BCUT2D eigenvalue weighted by Crippen LogP contribution is 2.26. The van der Waals surface area contributed by atoms with E-state index in [9.17, 15) is 13.2 Å². The second-order valence-corrected chi connectivity index (χ2v) is 6.31. The predicted molar refractivity (Wildman–Crippen MR) is 76.0 cm³/mol. The molecule has 2 aromatic rings. The summed E-state index contributed by atoms with van der Waals surface area (Å²) in [7, 11) is -2.12. The number of benzene rings is 1. The number of nitrogens with zero attached hydrogens (tertiary/aromatic N) is 2. The molecule has 0 bridgehead atoms. The summed E-state index contributed by atoms with van der Waals surface area (Å²) < 4.78 is 32.4. The number of oxazole rings is 1. The molecular formula is C12H17N3O4S. The zero-order valence-electron chi connectivity index (χ0n) is 11.6. The molecule has 7 nitrogen and oxygen atoms in total. The van der Waals surface area contributed by atoms with Gasteiger partial charge < -0.3 is 10.2 Å². The number of hydrogen-bond donors (Lipinski definition) is 1. The van der Waals surface area contributed by atoms with Gasteiger partial charge in [-0.25, -0.2) is 13.2 Å². The largest absolute Gasteiger partial charge is 0.419 e. The van der Waals surface area contributed by atoms with Crippen molar-refractivity contribution in [1.29, 1.82) is 0 Å². The van der Waals surface area contributed by atoms with Gasteiger partial charge in [-0.15, -0.1) is 0 Å². The van der Waals surface area contributed by atoms with E-state index in [1.165, 1.54) is 28.1 Å². The van der Waals surface area contributed by atoms with Gasteiger partial charge in [-0.2, -0.15) is 4.31 Å². The Balaban J connectivity index is 2.72. The zero-order valence-corrected chi connectivity index (χ0v) is 12.4. The predicted octanol–water partition coefficient (Wildman–Crippen LogP) is 0.744. The maximum atomic E-state index is 12.4. The van der Waals surface area contributed by atoms with E-state index in [0.717, 1.165) is 0 Å². The molecule has 0 radical (unpaired) electrons. The van der Waals surface area contributed by atoms with Crippen LogP contribution in [0.3, 0.4) is 0 Å². The molecule has 8 heteroatoms. The third kappa shape index (κ3) is 2.10. The molecule has 0 atom stereocenters. The summed E-state index contributed by atoms with van der Waals surface area (Å²) in [4.78, 5) is 11.5. The molecule has 1 aromatic heterocycles. The minimum atomic E-state index is -3.64. The molecule has 0 saturated heterocycles. The van der Waals surface area contributed by atoms with E-state index in [1.807, 2.05) is 0 Å². The van der Waals surface area contributed by atoms with Crippen LogP contribution in [-0.4, -0.2) is 30.4 Å². The lowest BCUT2D eigenvalue weighted by atomic mass is 10.3. The van der Waals surface area contributed by atoms with E-state index in [2.05, 4.69) is 0 Å². The lowest BCUT2D eigenvalue weighted by molar-refractivity contribution is 0.445. The van der Waals surface area contributed by atoms with Crippen LogP contribution in [0.25, 0.3) is 11.1 Å².